The van der Waals surface area contributed by atoms with Crippen LogP contribution in [0, 0.1) is 18.3 Å². The van der Waals surface area contributed by atoms with E-state index in [4.69, 9.17) is 5.26 Å². The highest BCUT2D eigenvalue weighted by molar-refractivity contribution is 5.94. The van der Waals surface area contributed by atoms with Crippen LogP contribution < -0.4 is 10.6 Å². The number of nitrogens with one attached hydrogen (secondary N) is 2. The Balaban J connectivity index is 1.72. The second-order valence-corrected chi connectivity index (χ2v) is 7.10. The molecule has 2 unspecified atom stereocenters. The quantitative estimate of drug-likeness (QED) is 0.635. The van der Waals surface area contributed by atoms with Gasteiger partial charge in [0.05, 0.1) is 11.6 Å². The molecule has 0 aliphatic heterocycles. The van der Waals surface area contributed by atoms with E-state index in [1.54, 1.807) is 12.3 Å². The summed E-state index contributed by atoms with van der Waals surface area (Å²) in [7, 11) is 0. The highest BCUT2D eigenvalue weighted by Gasteiger charge is 2.21. The number of hydrogen-bond acceptors (Lipinski definition) is 4. The highest BCUT2D eigenvalue weighted by atomic mass is 16.2. The molecule has 1 aromatic heterocycles. The van der Waals surface area contributed by atoms with Crippen LogP contribution in [-0.4, -0.2) is 17.4 Å². The zero-order valence-electron chi connectivity index (χ0n) is 16.6. The zero-order chi connectivity index (χ0) is 20.6. The van der Waals surface area contributed by atoms with Gasteiger partial charge in [-0.15, -0.1) is 0 Å². The fraction of sp³-hybridized carbons (Fsp3) is 0.208. The Bertz CT molecular complexity index is 976. The number of carbonyl (C=O) groups is 1. The van der Waals surface area contributed by atoms with Gasteiger partial charge in [-0.05, 0) is 47.7 Å². The number of aryl methyl sites for hydroxylation is 1. The minimum absolute atomic E-state index is 0.153. The first kappa shape index (κ1) is 20.2. The van der Waals surface area contributed by atoms with E-state index in [1.807, 2.05) is 67.6 Å². The van der Waals surface area contributed by atoms with Crippen LogP contribution in [0.3, 0.4) is 0 Å². The third-order valence-electron chi connectivity index (χ3n) is 4.79. The lowest BCUT2D eigenvalue weighted by Crippen LogP contribution is -2.35. The topological polar surface area (TPSA) is 77.8 Å². The van der Waals surface area contributed by atoms with Crippen LogP contribution in [0.15, 0.2) is 72.9 Å². The molecule has 0 aliphatic carbocycles. The monoisotopic (exact) mass is 384 g/mol. The Kier molecular flexibility index (Phi) is 6.72. The molecule has 3 aromatic rings. The van der Waals surface area contributed by atoms with E-state index in [2.05, 4.69) is 28.6 Å². The third kappa shape index (κ3) is 5.50. The number of hydrogen-bond donors (Lipinski definition) is 2. The number of nitrogens with zero attached hydrogens (tertiary/aromatic N) is 2. The first-order chi connectivity index (χ1) is 14.1. The maximum absolute atomic E-state index is 13.0. The predicted molar refractivity (Wildman–Crippen MR) is 114 cm³/mol. The second-order valence-electron chi connectivity index (χ2n) is 7.10. The summed E-state index contributed by atoms with van der Waals surface area (Å²) in [5, 5.41) is 15.2. The van der Waals surface area contributed by atoms with Gasteiger partial charge in [0, 0.05) is 12.7 Å². The van der Waals surface area contributed by atoms with Gasteiger partial charge in [0.15, 0.2) is 0 Å². The Morgan fingerprint density at radius 2 is 1.76 bits per heavy atom. The molecule has 0 spiro atoms. The summed E-state index contributed by atoms with van der Waals surface area (Å²) >= 11 is 0. The van der Waals surface area contributed by atoms with Crippen LogP contribution in [0.2, 0.25) is 0 Å². The fourth-order valence-electron chi connectivity index (χ4n) is 3.05. The molecule has 5 nitrogen and oxygen atoms in total. The van der Waals surface area contributed by atoms with Crippen molar-refractivity contribution in [3.63, 3.8) is 0 Å². The van der Waals surface area contributed by atoms with Crippen molar-refractivity contribution in [1.29, 1.82) is 5.26 Å². The van der Waals surface area contributed by atoms with Crippen LogP contribution in [0.5, 0.6) is 0 Å². The van der Waals surface area contributed by atoms with E-state index in [-0.39, 0.29) is 11.8 Å². The number of pyridine rings is 1. The summed E-state index contributed by atoms with van der Waals surface area (Å²) in [6.45, 7) is 4.66. The Hall–Kier alpha value is -3.49. The SMILES string of the molecule is Cc1ccc(NC(=O)C(NCC(C)c2ccc(C#N)cc2)c2ccccc2)nc1. The molecule has 1 heterocycles. The number of nitriles is 1. The van der Waals surface area contributed by atoms with Crippen molar-refractivity contribution in [1.82, 2.24) is 10.3 Å². The molecule has 2 N–H and O–H groups in total. The lowest BCUT2D eigenvalue weighted by molar-refractivity contribution is -0.118. The number of anilines is 1. The highest BCUT2D eigenvalue weighted by Crippen LogP contribution is 2.19. The van der Waals surface area contributed by atoms with E-state index in [0.717, 1.165) is 16.7 Å². The van der Waals surface area contributed by atoms with Crippen molar-refractivity contribution < 1.29 is 4.79 Å². The largest absolute Gasteiger partial charge is 0.309 e. The molecular weight excluding hydrogens is 360 g/mol. The number of benzene rings is 2. The van der Waals surface area contributed by atoms with Gasteiger partial charge in [0.1, 0.15) is 11.9 Å². The van der Waals surface area contributed by atoms with Crippen molar-refractivity contribution in [2.45, 2.75) is 25.8 Å². The normalized spacial score (nSPS) is 12.6. The van der Waals surface area contributed by atoms with E-state index < -0.39 is 6.04 Å². The molecule has 3 rings (SSSR count). The predicted octanol–water partition coefficient (Wildman–Crippen LogP) is 4.33. The maximum atomic E-state index is 13.0. The fourth-order valence-corrected chi connectivity index (χ4v) is 3.05. The van der Waals surface area contributed by atoms with Gasteiger partial charge in [0.2, 0.25) is 5.91 Å². The van der Waals surface area contributed by atoms with Crippen molar-refractivity contribution in [3.8, 4) is 6.07 Å². The summed E-state index contributed by atoms with van der Waals surface area (Å²) in [5.41, 5.74) is 3.69. The second kappa shape index (κ2) is 9.63. The van der Waals surface area contributed by atoms with Gasteiger partial charge in [-0.25, -0.2) is 4.98 Å². The van der Waals surface area contributed by atoms with Gasteiger partial charge in [-0.3, -0.25) is 4.79 Å². The minimum atomic E-state index is -0.500. The summed E-state index contributed by atoms with van der Waals surface area (Å²) in [6.07, 6.45) is 1.73. The average molecular weight is 384 g/mol. The van der Waals surface area contributed by atoms with E-state index in [0.29, 0.717) is 17.9 Å². The van der Waals surface area contributed by atoms with Crippen molar-refractivity contribution in [2.24, 2.45) is 0 Å². The molecule has 2 atom stereocenters. The van der Waals surface area contributed by atoms with E-state index >= 15 is 0 Å². The van der Waals surface area contributed by atoms with Gasteiger partial charge in [0.25, 0.3) is 0 Å². The third-order valence-corrected chi connectivity index (χ3v) is 4.79. The number of carbonyl (C=O) groups excluding carboxylic acids is 1. The summed E-state index contributed by atoms with van der Waals surface area (Å²) in [6, 6.07) is 22.5. The number of amides is 1. The minimum Gasteiger partial charge on any atom is -0.309 e. The Labute approximate surface area is 171 Å². The first-order valence-electron chi connectivity index (χ1n) is 9.58. The first-order valence-corrected chi connectivity index (χ1v) is 9.58. The smallest absolute Gasteiger partial charge is 0.247 e. The van der Waals surface area contributed by atoms with Gasteiger partial charge >= 0.3 is 0 Å². The van der Waals surface area contributed by atoms with E-state index in [9.17, 15) is 4.79 Å². The molecule has 2 aromatic carbocycles. The molecule has 0 bridgehead atoms. The average Bonchev–Trinajstić information content (AvgIpc) is 2.76. The van der Waals surface area contributed by atoms with Crippen LogP contribution in [0.25, 0.3) is 0 Å². The molecule has 0 aliphatic rings. The molecule has 0 radical (unpaired) electrons. The van der Waals surface area contributed by atoms with Crippen molar-refractivity contribution >= 4 is 11.7 Å². The molecule has 146 valence electrons. The van der Waals surface area contributed by atoms with Gasteiger partial charge in [-0.2, -0.15) is 5.26 Å². The molecule has 1 amide bonds. The zero-order valence-corrected chi connectivity index (χ0v) is 16.6. The van der Waals surface area contributed by atoms with Crippen molar-refractivity contribution in [3.05, 3.63) is 95.2 Å². The molecule has 0 fully saturated rings. The van der Waals surface area contributed by atoms with Crippen LogP contribution in [0.4, 0.5) is 5.82 Å². The van der Waals surface area contributed by atoms with E-state index in [1.165, 1.54) is 0 Å². The van der Waals surface area contributed by atoms with Crippen molar-refractivity contribution in [2.75, 3.05) is 11.9 Å². The van der Waals surface area contributed by atoms with Gasteiger partial charge < -0.3 is 10.6 Å². The van der Waals surface area contributed by atoms with Crippen LogP contribution in [0.1, 0.15) is 41.1 Å². The Morgan fingerprint density at radius 3 is 2.38 bits per heavy atom. The van der Waals surface area contributed by atoms with Crippen LogP contribution in [-0.2, 0) is 4.79 Å². The molecular formula is C24H24N4O. The maximum Gasteiger partial charge on any atom is 0.247 e. The number of rotatable bonds is 7. The molecule has 29 heavy (non-hydrogen) atoms. The molecule has 5 heteroatoms. The Morgan fingerprint density at radius 1 is 1.03 bits per heavy atom. The number of aromatic nitrogens is 1. The molecule has 0 saturated carbocycles. The van der Waals surface area contributed by atoms with Crippen LogP contribution >= 0.6 is 0 Å². The lowest BCUT2D eigenvalue weighted by Gasteiger charge is -2.21. The van der Waals surface area contributed by atoms with Gasteiger partial charge in [-0.1, -0.05) is 55.5 Å². The lowest BCUT2D eigenvalue weighted by atomic mass is 9.98. The summed E-state index contributed by atoms with van der Waals surface area (Å²) in [5.74, 6) is 0.558. The standard InChI is InChI=1S/C24H24N4O/c1-17-8-13-22(26-15-17)28-24(29)23(21-6-4-3-5-7-21)27-16-18(2)20-11-9-19(14-25)10-12-20/h3-13,15,18,23,27H,16H2,1-2H3,(H,26,28,29). The summed E-state index contributed by atoms with van der Waals surface area (Å²) < 4.78 is 0. The molecule has 0 saturated heterocycles. The summed E-state index contributed by atoms with van der Waals surface area (Å²) in [4.78, 5) is 17.2.